The molecule has 0 saturated heterocycles. The molecule has 1 aromatic carbocycles. The van der Waals surface area contributed by atoms with E-state index in [4.69, 9.17) is 9.47 Å². The molecule has 0 aromatic heterocycles. The first-order valence-electron chi connectivity index (χ1n) is 7.13. The van der Waals surface area contributed by atoms with Crippen LogP contribution in [0.25, 0.3) is 0 Å². The van der Waals surface area contributed by atoms with Crippen LogP contribution in [0.2, 0.25) is 0 Å². The Morgan fingerprint density at radius 2 is 1.59 bits per heavy atom. The Morgan fingerprint density at radius 3 is 2.09 bits per heavy atom. The Hall–Kier alpha value is -1.98. The monoisotopic (exact) mass is 310 g/mol. The molecule has 1 aliphatic heterocycles. The zero-order valence-electron chi connectivity index (χ0n) is 13.1. The van der Waals surface area contributed by atoms with Gasteiger partial charge < -0.3 is 9.47 Å². The van der Waals surface area contributed by atoms with E-state index in [9.17, 15) is 8.78 Å². The average molecular weight is 310 g/mol. The van der Waals surface area contributed by atoms with Gasteiger partial charge in [0.25, 0.3) is 0 Å². The normalized spacial score (nSPS) is 21.4. The molecule has 1 aromatic rings. The zero-order chi connectivity index (χ0) is 16.3. The largest absolute Gasteiger partial charge is 0.483 e. The van der Waals surface area contributed by atoms with Gasteiger partial charge in [-0.25, -0.2) is 18.8 Å². The molecule has 0 bridgehead atoms. The van der Waals surface area contributed by atoms with Crippen molar-refractivity contribution in [3.8, 4) is 0 Å². The molecule has 0 amide bonds. The minimum absolute atomic E-state index is 0.205. The second-order valence-electron chi connectivity index (χ2n) is 5.53. The molecule has 4 nitrogen and oxygen atoms in total. The van der Waals surface area contributed by atoms with Crippen LogP contribution >= 0.6 is 0 Å². The van der Waals surface area contributed by atoms with Crippen molar-refractivity contribution >= 4 is 11.8 Å². The van der Waals surface area contributed by atoms with Gasteiger partial charge in [0.15, 0.2) is 0 Å². The van der Waals surface area contributed by atoms with Gasteiger partial charge in [0.1, 0.15) is 23.7 Å². The summed E-state index contributed by atoms with van der Waals surface area (Å²) in [5.41, 5.74) is 0.495. The number of hydrogen-bond acceptors (Lipinski definition) is 4. The molecule has 0 radical (unpaired) electrons. The second-order valence-corrected chi connectivity index (χ2v) is 5.53. The van der Waals surface area contributed by atoms with Crippen molar-refractivity contribution in [3.63, 3.8) is 0 Å². The molecule has 1 aliphatic rings. The van der Waals surface area contributed by atoms with Crippen molar-refractivity contribution in [1.82, 2.24) is 0 Å². The molecule has 120 valence electrons. The summed E-state index contributed by atoms with van der Waals surface area (Å²) in [6.07, 6.45) is 0.291. The smallest absolute Gasteiger partial charge is 0.209 e. The van der Waals surface area contributed by atoms with E-state index >= 15 is 0 Å². The molecule has 2 rings (SSSR count). The topological polar surface area (TPSA) is 43.2 Å². The highest BCUT2D eigenvalue weighted by atomic mass is 19.1. The third kappa shape index (κ3) is 3.61. The summed E-state index contributed by atoms with van der Waals surface area (Å²) in [5, 5.41) is 0. The first kappa shape index (κ1) is 16.4. The van der Waals surface area contributed by atoms with Gasteiger partial charge in [-0.05, 0) is 23.6 Å². The maximum absolute atomic E-state index is 13.3. The van der Waals surface area contributed by atoms with E-state index < -0.39 is 17.7 Å². The fraction of sp³-hybridized carbons (Fsp3) is 0.500. The van der Waals surface area contributed by atoms with Crippen LogP contribution in [0, 0.1) is 17.6 Å². The number of rotatable bonds is 3. The van der Waals surface area contributed by atoms with Gasteiger partial charge in [0.2, 0.25) is 11.8 Å². The summed E-state index contributed by atoms with van der Waals surface area (Å²) in [4.78, 5) is 9.03. The van der Waals surface area contributed by atoms with Gasteiger partial charge in [-0.1, -0.05) is 13.8 Å². The maximum Gasteiger partial charge on any atom is 0.209 e. The molecular formula is C16H20F2N2O2. The van der Waals surface area contributed by atoms with Crippen LogP contribution in [0.1, 0.15) is 19.4 Å². The summed E-state index contributed by atoms with van der Waals surface area (Å²) >= 11 is 0. The van der Waals surface area contributed by atoms with Crippen LogP contribution in [0.4, 0.5) is 8.78 Å². The van der Waals surface area contributed by atoms with Gasteiger partial charge in [-0.3, -0.25) is 0 Å². The quantitative estimate of drug-likeness (QED) is 0.861. The third-order valence-electron chi connectivity index (χ3n) is 3.49. The highest BCUT2D eigenvalue weighted by molar-refractivity contribution is 5.94. The highest BCUT2D eigenvalue weighted by Crippen LogP contribution is 2.20. The van der Waals surface area contributed by atoms with Gasteiger partial charge in [-0.2, -0.15) is 0 Å². The lowest BCUT2D eigenvalue weighted by Gasteiger charge is -2.27. The molecule has 6 heteroatoms. The van der Waals surface area contributed by atoms with E-state index in [1.807, 2.05) is 13.8 Å². The van der Waals surface area contributed by atoms with Crippen LogP contribution in [0.15, 0.2) is 28.2 Å². The fourth-order valence-electron chi connectivity index (χ4n) is 2.44. The van der Waals surface area contributed by atoms with Gasteiger partial charge in [-0.15, -0.1) is 0 Å². The Morgan fingerprint density at radius 1 is 1.00 bits per heavy atom. The third-order valence-corrected chi connectivity index (χ3v) is 3.49. The molecular weight excluding hydrogens is 290 g/mol. The first-order valence-corrected chi connectivity index (χ1v) is 7.13. The fourth-order valence-corrected chi connectivity index (χ4v) is 2.44. The van der Waals surface area contributed by atoms with Crippen LogP contribution in [-0.2, 0) is 15.9 Å². The molecule has 0 aliphatic carbocycles. The van der Waals surface area contributed by atoms with Crippen LogP contribution < -0.4 is 0 Å². The molecule has 22 heavy (non-hydrogen) atoms. The second kappa shape index (κ2) is 6.85. The predicted octanol–water partition coefficient (Wildman–Crippen LogP) is 3.00. The van der Waals surface area contributed by atoms with Crippen molar-refractivity contribution < 1.29 is 18.3 Å². The number of hydrogen-bond donors (Lipinski definition) is 0. The first-order chi connectivity index (χ1) is 10.4. The Labute approximate surface area is 128 Å². The Kier molecular flexibility index (Phi) is 5.11. The van der Waals surface area contributed by atoms with E-state index in [-0.39, 0.29) is 12.0 Å². The zero-order valence-corrected chi connectivity index (χ0v) is 13.1. The Bertz CT molecular complexity index is 580. The van der Waals surface area contributed by atoms with Crippen molar-refractivity contribution in [2.45, 2.75) is 32.4 Å². The summed E-state index contributed by atoms with van der Waals surface area (Å²) in [6.45, 7) is 4.02. The van der Waals surface area contributed by atoms with Crippen molar-refractivity contribution in [3.05, 3.63) is 35.4 Å². The predicted molar refractivity (Wildman–Crippen MR) is 81.4 cm³/mol. The summed E-state index contributed by atoms with van der Waals surface area (Å²) in [5.74, 6) is -0.0614. The molecule has 0 saturated carbocycles. The van der Waals surface area contributed by atoms with Gasteiger partial charge in [0, 0.05) is 12.5 Å². The minimum atomic E-state index is -0.613. The Balaban J connectivity index is 2.29. The average Bonchev–Trinajstić information content (AvgIpc) is 2.45. The van der Waals surface area contributed by atoms with Crippen molar-refractivity contribution in [2.75, 3.05) is 14.2 Å². The van der Waals surface area contributed by atoms with E-state index in [0.717, 1.165) is 6.07 Å². The van der Waals surface area contributed by atoms with Gasteiger partial charge in [0.05, 0.1) is 14.2 Å². The summed E-state index contributed by atoms with van der Waals surface area (Å²) < 4.78 is 37.2. The number of benzene rings is 1. The summed E-state index contributed by atoms with van der Waals surface area (Å²) in [7, 11) is 3.06. The maximum atomic E-state index is 13.3. The molecule has 0 fully saturated rings. The van der Waals surface area contributed by atoms with Crippen LogP contribution in [0.3, 0.4) is 0 Å². The molecule has 1 heterocycles. The molecule has 0 unspecified atom stereocenters. The van der Waals surface area contributed by atoms with Gasteiger partial charge >= 0.3 is 0 Å². The van der Waals surface area contributed by atoms with E-state index in [0.29, 0.717) is 23.8 Å². The molecule has 0 spiro atoms. The standard InChI is InChI=1S/C16H20F2N2O2/c1-9(2)14-16(22-4)19-13(15(20-14)21-3)7-10-5-11(17)8-12(18)6-10/h5-6,8-9,13-14H,7H2,1-4H3/t13-,14+/m0/s1. The highest BCUT2D eigenvalue weighted by Gasteiger charge is 2.31. The molecule has 2 atom stereocenters. The molecule has 0 N–H and O–H groups in total. The van der Waals surface area contributed by atoms with E-state index in [1.54, 1.807) is 7.11 Å². The number of nitrogens with zero attached hydrogens (tertiary/aromatic N) is 2. The van der Waals surface area contributed by atoms with E-state index in [2.05, 4.69) is 9.98 Å². The van der Waals surface area contributed by atoms with Crippen LogP contribution in [0.5, 0.6) is 0 Å². The lowest BCUT2D eigenvalue weighted by Crippen LogP contribution is -2.38. The van der Waals surface area contributed by atoms with E-state index in [1.165, 1.54) is 19.2 Å². The minimum Gasteiger partial charge on any atom is -0.483 e. The summed E-state index contributed by atoms with van der Waals surface area (Å²) in [6, 6.07) is 2.75. The number of aliphatic imine (C=N–C) groups is 2. The lowest BCUT2D eigenvalue weighted by molar-refractivity contribution is 0.332. The lowest BCUT2D eigenvalue weighted by atomic mass is 10.0. The van der Waals surface area contributed by atoms with Crippen LogP contribution in [-0.4, -0.2) is 38.1 Å². The number of methoxy groups -OCH3 is 2. The van der Waals surface area contributed by atoms with Crippen molar-refractivity contribution in [1.29, 1.82) is 0 Å². The SMILES string of the molecule is COC1=N[C@H](C(C)C)C(OC)=N[C@H]1Cc1cc(F)cc(F)c1. The number of ether oxygens (including phenoxy) is 2. The number of halogens is 2. The van der Waals surface area contributed by atoms with Crippen molar-refractivity contribution in [2.24, 2.45) is 15.9 Å².